The van der Waals surface area contributed by atoms with Crippen LogP contribution in [-0.4, -0.2) is 39.8 Å². The zero-order valence-electron chi connectivity index (χ0n) is 34.3. The molecule has 2 aromatic carbocycles. The van der Waals surface area contributed by atoms with E-state index in [1.165, 1.54) is 123 Å². The molecular formula is C46H76N4Ni. The molecule has 4 nitrogen and oxygen atoms in total. The van der Waals surface area contributed by atoms with Crippen LogP contribution in [0.1, 0.15) is 179 Å². The second-order valence-corrected chi connectivity index (χ2v) is 16.1. The summed E-state index contributed by atoms with van der Waals surface area (Å²) in [6, 6.07) is 18.1. The second kappa shape index (κ2) is 27.5. The van der Waals surface area contributed by atoms with Crippen molar-refractivity contribution in [2.75, 3.05) is 27.2 Å². The third-order valence-corrected chi connectivity index (χ3v) is 11.3. The Balaban J connectivity index is 0.000000880. The fourth-order valence-electron chi connectivity index (χ4n) is 6.75. The van der Waals surface area contributed by atoms with E-state index in [2.05, 4.69) is 112 Å². The SMILES string of the molecule is CCCCCCCCC1=C(c2cccc(CCCCCC)c2)[N+](=[N-])C(c2cccc(CCCCCC)c2)=C1CCCC.CC[N](C)[Ni][N](C)CC. The first-order chi connectivity index (χ1) is 24.8. The fourth-order valence-corrected chi connectivity index (χ4v) is 7.61. The van der Waals surface area contributed by atoms with Crippen LogP contribution in [0.2, 0.25) is 0 Å². The van der Waals surface area contributed by atoms with E-state index in [1.54, 1.807) is 19.6 Å². The first-order valence-corrected chi connectivity index (χ1v) is 21.9. The van der Waals surface area contributed by atoms with E-state index >= 15 is 0 Å². The number of aryl methyl sites for hydroxylation is 2. The van der Waals surface area contributed by atoms with Gasteiger partial charge < -0.3 is 5.53 Å². The third kappa shape index (κ3) is 16.7. The van der Waals surface area contributed by atoms with E-state index in [9.17, 15) is 5.53 Å². The van der Waals surface area contributed by atoms with Gasteiger partial charge in [0.05, 0.1) is 0 Å². The topological polar surface area (TPSA) is 31.8 Å². The van der Waals surface area contributed by atoms with Gasteiger partial charge in [0.25, 0.3) is 0 Å². The van der Waals surface area contributed by atoms with Crippen molar-refractivity contribution < 1.29 is 19.6 Å². The summed E-state index contributed by atoms with van der Waals surface area (Å²) in [6.07, 6.45) is 24.5. The molecule has 2 aromatic rings. The van der Waals surface area contributed by atoms with Crippen LogP contribution in [0.3, 0.4) is 0 Å². The van der Waals surface area contributed by atoms with Gasteiger partial charge in [0, 0.05) is 22.3 Å². The Morgan fingerprint density at radius 1 is 0.490 bits per heavy atom. The molecule has 1 aliphatic rings. The summed E-state index contributed by atoms with van der Waals surface area (Å²) in [7, 11) is 4.21. The molecule has 51 heavy (non-hydrogen) atoms. The maximum atomic E-state index is 12.1. The molecule has 0 spiro atoms. The van der Waals surface area contributed by atoms with Gasteiger partial charge in [-0.2, -0.15) is 0 Å². The number of benzene rings is 2. The minimum atomic E-state index is 1.02. The van der Waals surface area contributed by atoms with Crippen molar-refractivity contribution in [3.63, 3.8) is 0 Å². The average Bonchev–Trinajstić information content (AvgIpc) is 3.42. The van der Waals surface area contributed by atoms with E-state index < -0.39 is 0 Å². The molecule has 0 saturated carbocycles. The minimum absolute atomic E-state index is 1.02. The van der Waals surface area contributed by atoms with Crippen molar-refractivity contribution in [1.82, 2.24) is 7.96 Å². The predicted molar refractivity (Wildman–Crippen MR) is 220 cm³/mol. The summed E-state index contributed by atoms with van der Waals surface area (Å²) in [5.74, 6) is 0. The zero-order chi connectivity index (χ0) is 37.3. The molecule has 0 unspecified atom stereocenters. The molecular weight excluding hydrogens is 667 g/mol. The van der Waals surface area contributed by atoms with Gasteiger partial charge >= 0.3 is 63.9 Å². The number of rotatable bonds is 26. The van der Waals surface area contributed by atoms with Crippen LogP contribution >= 0.6 is 0 Å². The molecule has 1 heterocycles. The third-order valence-electron chi connectivity index (χ3n) is 10.0. The number of allylic oxidation sites excluding steroid dienone is 2. The average molecular weight is 744 g/mol. The van der Waals surface area contributed by atoms with Crippen molar-refractivity contribution in [2.24, 2.45) is 0 Å². The normalized spacial score (nSPS) is 13.3. The van der Waals surface area contributed by atoms with Crippen LogP contribution in [0.25, 0.3) is 16.9 Å². The predicted octanol–water partition coefficient (Wildman–Crippen LogP) is 13.8. The Bertz CT molecular complexity index is 1300. The summed E-state index contributed by atoms with van der Waals surface area (Å²) >= 11 is 1.59. The molecule has 0 fully saturated rings. The van der Waals surface area contributed by atoms with Crippen LogP contribution in [0.15, 0.2) is 59.7 Å². The summed E-state index contributed by atoms with van der Waals surface area (Å²) < 4.78 is 6.02. The molecule has 290 valence electrons. The Morgan fingerprint density at radius 2 is 0.863 bits per heavy atom. The van der Waals surface area contributed by atoms with Crippen LogP contribution < -0.4 is 0 Å². The summed E-state index contributed by atoms with van der Waals surface area (Å²) in [5.41, 5.74) is 22.0. The summed E-state index contributed by atoms with van der Waals surface area (Å²) in [4.78, 5) is 0. The first-order valence-electron chi connectivity index (χ1n) is 21.0. The monoisotopic (exact) mass is 743 g/mol. The van der Waals surface area contributed by atoms with Crippen molar-refractivity contribution in [3.05, 3.63) is 87.5 Å². The van der Waals surface area contributed by atoms with Crippen LogP contribution in [0.4, 0.5) is 0 Å². The number of nitrogens with zero attached hydrogens (tertiary/aromatic N) is 4. The van der Waals surface area contributed by atoms with E-state index in [4.69, 9.17) is 0 Å². The quantitative estimate of drug-likeness (QED) is 0.0546. The fraction of sp³-hybridized carbons (Fsp3) is 0.652. The summed E-state index contributed by atoms with van der Waals surface area (Å²) in [6.45, 7) is 15.6. The van der Waals surface area contributed by atoms with Gasteiger partial charge in [0.15, 0.2) is 0 Å². The van der Waals surface area contributed by atoms with Gasteiger partial charge in [0.2, 0.25) is 11.4 Å². The standard InChI is InChI=1S/C40H60N2.2C3H8N.Ni/c1-5-9-13-16-17-20-30-38-37(29-12-8-4)39(35-27-21-25-33(31-35)23-18-14-10-6-2)42(41)40(38)36-28-22-26-34(32-36)24-19-15-11-7-3;2*1-3-4-2;/h21-22,25-28,31-32H,5-20,23-24,29-30H2,1-4H3;2*3H2,1-2H3;/q;2*-1;+2. The van der Waals surface area contributed by atoms with Gasteiger partial charge in [-0.15, -0.1) is 0 Å². The van der Waals surface area contributed by atoms with Gasteiger partial charge in [-0.3, -0.25) is 0 Å². The molecule has 0 radical (unpaired) electrons. The number of unbranched alkanes of at least 4 members (excludes halogenated alkanes) is 12. The zero-order valence-corrected chi connectivity index (χ0v) is 35.3. The maximum absolute atomic E-state index is 12.1. The van der Waals surface area contributed by atoms with Gasteiger partial charge in [-0.25, -0.2) is 4.70 Å². The molecule has 1 aliphatic heterocycles. The van der Waals surface area contributed by atoms with E-state index in [1.807, 2.05) is 0 Å². The van der Waals surface area contributed by atoms with Crippen LogP contribution in [0.5, 0.6) is 0 Å². The van der Waals surface area contributed by atoms with Gasteiger partial charge in [0.1, 0.15) is 0 Å². The van der Waals surface area contributed by atoms with Gasteiger partial charge in [-0.1, -0.05) is 129 Å². The van der Waals surface area contributed by atoms with Crippen LogP contribution in [0, 0.1) is 0 Å². The number of hydrogen-bond acceptors (Lipinski definition) is 2. The molecule has 0 amide bonds. The molecule has 0 bridgehead atoms. The summed E-state index contributed by atoms with van der Waals surface area (Å²) in [5, 5.41) is 0. The molecule has 0 aromatic heterocycles. The van der Waals surface area contributed by atoms with E-state index in [0.29, 0.717) is 0 Å². The molecule has 0 N–H and O–H groups in total. The van der Waals surface area contributed by atoms with E-state index in [0.717, 1.165) is 63.0 Å². The Hall–Kier alpha value is -2.07. The van der Waals surface area contributed by atoms with Crippen molar-refractivity contribution >= 4 is 11.4 Å². The van der Waals surface area contributed by atoms with Crippen molar-refractivity contribution in [1.29, 1.82) is 0 Å². The van der Waals surface area contributed by atoms with Crippen molar-refractivity contribution in [2.45, 2.75) is 170 Å². The van der Waals surface area contributed by atoms with Gasteiger partial charge in [-0.05, 0) is 86.8 Å². The molecule has 0 aliphatic carbocycles. The Kier molecular flexibility index (Phi) is 24.3. The van der Waals surface area contributed by atoms with E-state index in [-0.39, 0.29) is 0 Å². The molecule has 0 saturated heterocycles. The van der Waals surface area contributed by atoms with Crippen LogP contribution in [-0.2, 0) is 27.7 Å². The molecule has 5 heteroatoms. The molecule has 3 rings (SSSR count). The first kappa shape index (κ1) is 45.1. The second-order valence-electron chi connectivity index (χ2n) is 14.4. The Labute approximate surface area is 322 Å². The molecule has 0 atom stereocenters. The Morgan fingerprint density at radius 3 is 1.29 bits per heavy atom. The number of hydrogen-bond donors (Lipinski definition) is 0. The van der Waals surface area contributed by atoms with Crippen molar-refractivity contribution in [3.8, 4) is 0 Å².